The number of aliphatic hydroxyl groups excluding tert-OH is 2. The van der Waals surface area contributed by atoms with Gasteiger partial charge in [0.25, 0.3) is 0 Å². The summed E-state index contributed by atoms with van der Waals surface area (Å²) in [6.07, 6.45) is 1.10. The third kappa shape index (κ3) is 2.89. The van der Waals surface area contributed by atoms with Gasteiger partial charge in [0.1, 0.15) is 11.5 Å². The van der Waals surface area contributed by atoms with Crippen molar-refractivity contribution >= 4 is 11.9 Å². The molecule has 0 bridgehead atoms. The Balaban J connectivity index is 2.20. The Morgan fingerprint density at radius 2 is 1.24 bits per heavy atom. The zero-order valence-electron chi connectivity index (χ0n) is 12.2. The first-order chi connectivity index (χ1) is 9.99. The second-order valence-corrected chi connectivity index (χ2v) is 5.27. The molecule has 0 aliphatic carbocycles. The minimum absolute atomic E-state index is 0.0316. The smallest absolute Gasteiger partial charge is 0.338 e. The predicted molar refractivity (Wildman–Crippen MR) is 73.5 cm³/mol. The number of cyclic esters (lactones) is 2. The molecule has 0 aromatic heterocycles. The van der Waals surface area contributed by atoms with E-state index in [1.54, 1.807) is 0 Å². The molecule has 2 N–H and O–H groups in total. The van der Waals surface area contributed by atoms with Gasteiger partial charge in [-0.1, -0.05) is 26.7 Å². The average molecular weight is 296 g/mol. The van der Waals surface area contributed by atoms with Gasteiger partial charge in [0.15, 0.2) is 12.2 Å². The summed E-state index contributed by atoms with van der Waals surface area (Å²) in [6.45, 7) is 3.83. The van der Waals surface area contributed by atoms with Crippen molar-refractivity contribution < 1.29 is 29.3 Å². The van der Waals surface area contributed by atoms with Crippen molar-refractivity contribution in [1.82, 2.24) is 0 Å². The van der Waals surface area contributed by atoms with Crippen LogP contribution in [-0.4, -0.2) is 34.4 Å². The highest BCUT2D eigenvalue weighted by molar-refractivity contribution is 5.98. The number of ether oxygens (including phenoxy) is 2. The molecule has 0 saturated heterocycles. The van der Waals surface area contributed by atoms with E-state index in [0.717, 1.165) is 12.8 Å². The fourth-order valence-electron chi connectivity index (χ4n) is 2.53. The first-order valence-electron chi connectivity index (χ1n) is 7.25. The number of hydrogen-bond acceptors (Lipinski definition) is 6. The quantitative estimate of drug-likeness (QED) is 0.731. The first-order valence-corrected chi connectivity index (χ1v) is 7.25. The summed E-state index contributed by atoms with van der Waals surface area (Å²) in [7, 11) is 0. The zero-order chi connectivity index (χ0) is 15.6. The maximum Gasteiger partial charge on any atom is 0.338 e. The monoisotopic (exact) mass is 296 g/mol. The van der Waals surface area contributed by atoms with Crippen LogP contribution in [-0.2, 0) is 19.1 Å². The molecule has 2 rings (SSSR count). The predicted octanol–water partition coefficient (Wildman–Crippen LogP) is 2.45. The van der Waals surface area contributed by atoms with Crippen LogP contribution in [0.15, 0.2) is 22.7 Å². The van der Waals surface area contributed by atoms with Crippen LogP contribution in [0.3, 0.4) is 0 Å². The summed E-state index contributed by atoms with van der Waals surface area (Å²) in [4.78, 5) is 23.6. The maximum atomic E-state index is 11.8. The van der Waals surface area contributed by atoms with Crippen molar-refractivity contribution in [2.45, 2.75) is 58.2 Å². The molecule has 2 aliphatic heterocycles. The van der Waals surface area contributed by atoms with E-state index in [9.17, 15) is 19.8 Å². The van der Waals surface area contributed by atoms with Gasteiger partial charge in [0.2, 0.25) is 0 Å². The Bertz CT molecular complexity index is 470. The van der Waals surface area contributed by atoms with Crippen LogP contribution in [0.25, 0.3) is 0 Å². The van der Waals surface area contributed by atoms with Gasteiger partial charge in [-0.15, -0.1) is 0 Å². The minimum Gasteiger partial charge on any atom is -0.508 e. The normalized spacial score (nSPS) is 25.6. The summed E-state index contributed by atoms with van der Waals surface area (Å²) >= 11 is 0. The van der Waals surface area contributed by atoms with Crippen molar-refractivity contribution in [3.05, 3.63) is 22.7 Å². The van der Waals surface area contributed by atoms with Gasteiger partial charge in [-0.3, -0.25) is 0 Å². The van der Waals surface area contributed by atoms with Crippen LogP contribution in [0.1, 0.15) is 46.0 Å². The van der Waals surface area contributed by atoms with Crippen molar-refractivity contribution in [3.8, 4) is 0 Å². The van der Waals surface area contributed by atoms with E-state index in [0.29, 0.717) is 12.8 Å². The molecule has 6 nitrogen and oxygen atoms in total. The molecule has 2 unspecified atom stereocenters. The lowest BCUT2D eigenvalue weighted by Crippen LogP contribution is -2.10. The second kappa shape index (κ2) is 6.20. The Morgan fingerprint density at radius 3 is 1.57 bits per heavy atom. The molecule has 0 radical (unpaired) electrons. The highest BCUT2D eigenvalue weighted by Gasteiger charge is 2.39. The Morgan fingerprint density at radius 1 is 0.857 bits per heavy atom. The van der Waals surface area contributed by atoms with E-state index in [4.69, 9.17) is 9.47 Å². The van der Waals surface area contributed by atoms with Crippen LogP contribution in [0.2, 0.25) is 0 Å². The fraction of sp³-hybridized carbons (Fsp3) is 0.600. The minimum atomic E-state index is -0.649. The van der Waals surface area contributed by atoms with Gasteiger partial charge >= 0.3 is 11.9 Å². The summed E-state index contributed by atoms with van der Waals surface area (Å²) < 4.78 is 10.1. The molecule has 6 heteroatoms. The van der Waals surface area contributed by atoms with Gasteiger partial charge in [0.05, 0.1) is 11.1 Å². The Kier molecular flexibility index (Phi) is 4.55. The van der Waals surface area contributed by atoms with Crippen LogP contribution >= 0.6 is 0 Å². The molecule has 0 saturated carbocycles. The number of aliphatic hydroxyl groups is 2. The molecule has 0 fully saturated rings. The van der Waals surface area contributed by atoms with Crippen LogP contribution in [0.4, 0.5) is 0 Å². The number of carbonyl (C=O) groups is 2. The van der Waals surface area contributed by atoms with Crippen LogP contribution in [0, 0.1) is 0 Å². The van der Waals surface area contributed by atoms with Gasteiger partial charge in [-0.25, -0.2) is 9.59 Å². The van der Waals surface area contributed by atoms with E-state index in [2.05, 4.69) is 0 Å². The standard InChI is InChI=1S/C15H20O6/c1-3-5-10-12(16)8(14(18)20-10)7-9-13(17)11(6-4-2)21-15(9)19/h10-11,16-17H,3-7H2,1-2H3. The third-order valence-corrected chi connectivity index (χ3v) is 3.68. The van der Waals surface area contributed by atoms with E-state index in [-0.39, 0.29) is 29.1 Å². The molecule has 116 valence electrons. The average Bonchev–Trinajstić information content (AvgIpc) is 2.84. The van der Waals surface area contributed by atoms with Gasteiger partial charge in [0, 0.05) is 6.42 Å². The van der Waals surface area contributed by atoms with Crippen molar-refractivity contribution in [2.75, 3.05) is 0 Å². The van der Waals surface area contributed by atoms with E-state index >= 15 is 0 Å². The number of esters is 2. The Hall–Kier alpha value is -1.98. The fourth-order valence-corrected chi connectivity index (χ4v) is 2.53. The molecule has 2 atom stereocenters. The maximum absolute atomic E-state index is 11.8. The summed E-state index contributed by atoms with van der Waals surface area (Å²) in [6, 6.07) is 0. The SMILES string of the molecule is CCCC1OC(=O)C(CC2=C(O)C(CCC)OC2=O)=C1O. The van der Waals surface area contributed by atoms with Crippen LogP contribution in [0.5, 0.6) is 0 Å². The second-order valence-electron chi connectivity index (χ2n) is 5.27. The lowest BCUT2D eigenvalue weighted by atomic mass is 10.0. The van der Waals surface area contributed by atoms with Gasteiger partial charge in [-0.2, -0.15) is 0 Å². The van der Waals surface area contributed by atoms with Gasteiger partial charge < -0.3 is 19.7 Å². The molecular formula is C15H20O6. The molecule has 21 heavy (non-hydrogen) atoms. The lowest BCUT2D eigenvalue weighted by molar-refractivity contribution is -0.140. The summed E-state index contributed by atoms with van der Waals surface area (Å²) in [5.74, 6) is -1.57. The lowest BCUT2D eigenvalue weighted by Gasteiger charge is -2.07. The topological polar surface area (TPSA) is 93.1 Å². The van der Waals surface area contributed by atoms with E-state index < -0.39 is 24.1 Å². The first kappa shape index (κ1) is 15.4. The van der Waals surface area contributed by atoms with E-state index in [1.807, 2.05) is 13.8 Å². The van der Waals surface area contributed by atoms with E-state index in [1.165, 1.54) is 0 Å². The van der Waals surface area contributed by atoms with Crippen molar-refractivity contribution in [3.63, 3.8) is 0 Å². The molecule has 2 aliphatic rings. The largest absolute Gasteiger partial charge is 0.508 e. The molecular weight excluding hydrogens is 276 g/mol. The van der Waals surface area contributed by atoms with Gasteiger partial charge in [-0.05, 0) is 12.8 Å². The number of rotatable bonds is 6. The number of hydrogen-bond donors (Lipinski definition) is 2. The Labute approximate surface area is 123 Å². The summed E-state index contributed by atoms with van der Waals surface area (Å²) in [5, 5.41) is 20.1. The number of carbonyl (C=O) groups excluding carboxylic acids is 2. The van der Waals surface area contributed by atoms with Crippen molar-refractivity contribution in [1.29, 1.82) is 0 Å². The summed E-state index contributed by atoms with van der Waals surface area (Å²) in [5.41, 5.74) is 0.0631. The zero-order valence-corrected chi connectivity index (χ0v) is 12.2. The molecule has 0 amide bonds. The third-order valence-electron chi connectivity index (χ3n) is 3.68. The van der Waals surface area contributed by atoms with Crippen LogP contribution < -0.4 is 0 Å². The highest BCUT2D eigenvalue weighted by atomic mass is 16.6. The molecule has 0 aromatic rings. The molecule has 0 spiro atoms. The molecule has 2 heterocycles. The highest BCUT2D eigenvalue weighted by Crippen LogP contribution is 2.33. The molecule has 0 aromatic carbocycles. The van der Waals surface area contributed by atoms with Crippen molar-refractivity contribution in [2.24, 2.45) is 0 Å².